The van der Waals surface area contributed by atoms with Crippen molar-refractivity contribution in [2.75, 3.05) is 32.7 Å². The molecule has 4 fully saturated rings. The van der Waals surface area contributed by atoms with E-state index in [0.29, 0.717) is 17.9 Å². The summed E-state index contributed by atoms with van der Waals surface area (Å²) >= 11 is 0. The second kappa shape index (κ2) is 14.9. The molecule has 2 aliphatic heterocycles. The van der Waals surface area contributed by atoms with Crippen molar-refractivity contribution >= 4 is 12.0 Å². The van der Waals surface area contributed by atoms with Gasteiger partial charge in [0.25, 0.3) is 0 Å². The number of likely N-dealkylation sites (tertiary alicyclic amines) is 1. The average molecular weight is 550 g/mol. The highest BCUT2D eigenvalue weighted by atomic mass is 16.5. The van der Waals surface area contributed by atoms with Gasteiger partial charge in [0.1, 0.15) is 11.4 Å². The summed E-state index contributed by atoms with van der Waals surface area (Å²) in [6, 6.07) is 8.98. The largest absolute Gasteiger partial charge is 0.487 e. The number of benzene rings is 1. The van der Waals surface area contributed by atoms with Crippen LogP contribution in [-0.4, -0.2) is 55.2 Å². The van der Waals surface area contributed by atoms with Crippen LogP contribution in [0.2, 0.25) is 0 Å². The zero-order valence-corrected chi connectivity index (χ0v) is 25.2. The number of nitrogens with one attached hydrogen (secondary N) is 2. The highest BCUT2D eigenvalue weighted by molar-refractivity contribution is 5.76. The molecule has 0 unspecified atom stereocenters. The van der Waals surface area contributed by atoms with E-state index in [1.807, 2.05) is 0 Å². The van der Waals surface area contributed by atoms with E-state index in [0.717, 1.165) is 82.4 Å². The quantitative estimate of drug-likeness (QED) is 0.331. The van der Waals surface area contributed by atoms with Crippen LogP contribution in [-0.2, 0) is 4.79 Å². The number of ether oxygens (including phenoxy) is 1. The summed E-state index contributed by atoms with van der Waals surface area (Å²) in [7, 11) is 0. The maximum atomic E-state index is 13.2. The Balaban J connectivity index is 1.02. The third-order valence-corrected chi connectivity index (χ3v) is 10.4. The number of hydrogen-bond acceptors (Lipinski definition) is 4. The van der Waals surface area contributed by atoms with Crippen LogP contribution in [0.1, 0.15) is 109 Å². The maximum absolute atomic E-state index is 13.2. The molecule has 0 spiro atoms. The molecule has 0 atom stereocenters. The Morgan fingerprint density at radius 1 is 0.950 bits per heavy atom. The first-order valence-electron chi connectivity index (χ1n) is 16.7. The Hall–Kier alpha value is -1.85. The molecule has 40 heavy (non-hydrogen) atoms. The zero-order chi connectivity index (χ0) is 27.6. The fourth-order valence-electron chi connectivity index (χ4n) is 7.81. The van der Waals surface area contributed by atoms with Crippen LogP contribution in [0, 0.1) is 17.8 Å². The van der Waals surface area contributed by atoms with Crippen LogP contribution < -0.4 is 15.4 Å². The molecular formula is C35H55N3O2. The molecule has 1 aromatic rings. The normalized spacial score (nSPS) is 23.9. The van der Waals surface area contributed by atoms with Gasteiger partial charge in [-0.15, -0.1) is 0 Å². The van der Waals surface area contributed by atoms with E-state index in [2.05, 4.69) is 58.9 Å². The Kier molecular flexibility index (Phi) is 11.0. The van der Waals surface area contributed by atoms with Gasteiger partial charge < -0.3 is 15.4 Å². The topological polar surface area (TPSA) is 53.6 Å². The maximum Gasteiger partial charge on any atom is 0.220 e. The Bertz CT molecular complexity index is 900. The number of hydrogen-bond donors (Lipinski definition) is 2. The average Bonchev–Trinajstić information content (AvgIpc) is 2.99. The first kappa shape index (κ1) is 29.6. The van der Waals surface area contributed by atoms with Crippen molar-refractivity contribution in [1.82, 2.24) is 15.5 Å². The second-order valence-corrected chi connectivity index (χ2v) is 13.6. The molecule has 5 nitrogen and oxygen atoms in total. The van der Waals surface area contributed by atoms with Gasteiger partial charge in [-0.05, 0) is 120 Å². The summed E-state index contributed by atoms with van der Waals surface area (Å²) in [5.41, 5.74) is 1.17. The van der Waals surface area contributed by atoms with Crippen LogP contribution >= 0.6 is 0 Å². The molecule has 5 rings (SSSR count). The van der Waals surface area contributed by atoms with E-state index >= 15 is 0 Å². The van der Waals surface area contributed by atoms with Gasteiger partial charge in [-0.2, -0.15) is 0 Å². The fourth-order valence-corrected chi connectivity index (χ4v) is 7.81. The third-order valence-electron chi connectivity index (χ3n) is 10.4. The van der Waals surface area contributed by atoms with Gasteiger partial charge in [0.2, 0.25) is 5.91 Å². The summed E-state index contributed by atoms with van der Waals surface area (Å²) < 4.78 is 6.32. The Morgan fingerprint density at radius 3 is 2.15 bits per heavy atom. The van der Waals surface area contributed by atoms with Crippen molar-refractivity contribution < 1.29 is 9.53 Å². The smallest absolute Gasteiger partial charge is 0.220 e. The van der Waals surface area contributed by atoms with Gasteiger partial charge in [-0.25, -0.2) is 0 Å². The minimum atomic E-state index is -0.0537. The van der Waals surface area contributed by atoms with Crippen LogP contribution in [0.15, 0.2) is 30.3 Å². The van der Waals surface area contributed by atoms with Gasteiger partial charge in [0.15, 0.2) is 0 Å². The highest BCUT2D eigenvalue weighted by Crippen LogP contribution is 2.36. The molecule has 2 saturated heterocycles. The number of carbonyl (C=O) groups excluding carboxylic acids is 1. The third kappa shape index (κ3) is 8.82. The van der Waals surface area contributed by atoms with E-state index in [4.69, 9.17) is 4.74 Å². The van der Waals surface area contributed by atoms with Crippen molar-refractivity contribution in [3.05, 3.63) is 35.9 Å². The molecular weight excluding hydrogens is 494 g/mol. The SMILES string of the molecule is CC1(Oc2ccc(/C=C/CN3CCC(CC(=O)NC(C4CCCCC4)C4CCCCC4)CC3)cc2)CCNCC1. The molecule has 0 bridgehead atoms. The minimum Gasteiger partial charge on any atom is -0.487 e. The van der Waals surface area contributed by atoms with E-state index in [1.54, 1.807) is 0 Å². The van der Waals surface area contributed by atoms with E-state index in [-0.39, 0.29) is 5.60 Å². The lowest BCUT2D eigenvalue weighted by Crippen LogP contribution is -2.47. The second-order valence-electron chi connectivity index (χ2n) is 13.6. The fraction of sp³-hybridized carbons (Fsp3) is 0.743. The number of nitrogens with zero attached hydrogens (tertiary/aromatic N) is 1. The van der Waals surface area contributed by atoms with Gasteiger partial charge in [0, 0.05) is 19.0 Å². The van der Waals surface area contributed by atoms with E-state index < -0.39 is 0 Å². The first-order valence-corrected chi connectivity index (χ1v) is 16.7. The lowest BCUT2D eigenvalue weighted by Gasteiger charge is -2.39. The van der Waals surface area contributed by atoms with Crippen LogP contribution in [0.3, 0.4) is 0 Å². The lowest BCUT2D eigenvalue weighted by molar-refractivity contribution is -0.124. The van der Waals surface area contributed by atoms with E-state index in [1.165, 1.54) is 69.8 Å². The predicted molar refractivity (Wildman–Crippen MR) is 165 cm³/mol. The van der Waals surface area contributed by atoms with Gasteiger partial charge in [0.05, 0.1) is 0 Å². The first-order chi connectivity index (χ1) is 19.6. The van der Waals surface area contributed by atoms with Crippen LogP contribution in [0.4, 0.5) is 0 Å². The summed E-state index contributed by atoms with van der Waals surface area (Å²) in [5, 5.41) is 7.03. The van der Waals surface area contributed by atoms with Crippen molar-refractivity contribution in [3.8, 4) is 5.75 Å². The van der Waals surface area contributed by atoms with Crippen molar-refractivity contribution in [2.45, 2.75) is 115 Å². The number of rotatable bonds is 10. The molecule has 1 amide bonds. The number of amides is 1. The molecule has 4 aliphatic rings. The van der Waals surface area contributed by atoms with Gasteiger partial charge >= 0.3 is 0 Å². The van der Waals surface area contributed by atoms with Crippen LogP contribution in [0.5, 0.6) is 5.75 Å². The molecule has 2 heterocycles. The van der Waals surface area contributed by atoms with Crippen molar-refractivity contribution in [3.63, 3.8) is 0 Å². The van der Waals surface area contributed by atoms with Gasteiger partial charge in [-0.3, -0.25) is 9.69 Å². The molecule has 2 N–H and O–H groups in total. The molecule has 1 aromatic carbocycles. The summed E-state index contributed by atoms with van der Waals surface area (Å²) in [5.74, 6) is 3.28. The molecule has 0 radical (unpaired) electrons. The number of piperidine rings is 2. The van der Waals surface area contributed by atoms with Crippen molar-refractivity contribution in [1.29, 1.82) is 0 Å². The predicted octanol–water partition coefficient (Wildman–Crippen LogP) is 6.97. The number of carbonyl (C=O) groups is 1. The molecule has 0 aromatic heterocycles. The Labute approximate surface area is 243 Å². The van der Waals surface area contributed by atoms with Crippen LogP contribution in [0.25, 0.3) is 6.08 Å². The standard InChI is InChI=1S/C35H55N3O2/c1-35(20-22-36-23-21-35)40-32-16-14-28(15-17-32)9-8-24-38-25-18-29(19-26-38)27-33(39)37-34(30-10-4-2-5-11-30)31-12-6-3-7-13-31/h8-9,14-17,29-31,34,36H,2-7,10-13,18-27H2,1H3,(H,37,39)/b9-8+. The van der Waals surface area contributed by atoms with Gasteiger partial charge in [-0.1, -0.05) is 62.8 Å². The van der Waals surface area contributed by atoms with E-state index in [9.17, 15) is 4.79 Å². The molecule has 222 valence electrons. The molecule has 2 saturated carbocycles. The van der Waals surface area contributed by atoms with Crippen molar-refractivity contribution in [2.24, 2.45) is 17.8 Å². The summed E-state index contributed by atoms with van der Waals surface area (Å²) in [4.78, 5) is 15.8. The lowest BCUT2D eigenvalue weighted by atomic mass is 9.73. The molecule has 2 aliphatic carbocycles. The monoisotopic (exact) mass is 549 g/mol. The highest BCUT2D eigenvalue weighted by Gasteiger charge is 2.33. The summed E-state index contributed by atoms with van der Waals surface area (Å²) in [6.07, 6.45) is 23.1. The molecule has 5 heteroatoms. The zero-order valence-electron chi connectivity index (χ0n) is 25.2. The minimum absolute atomic E-state index is 0.0537. The summed E-state index contributed by atoms with van der Waals surface area (Å²) in [6.45, 7) is 7.46. The Morgan fingerprint density at radius 2 is 1.55 bits per heavy atom.